The van der Waals surface area contributed by atoms with E-state index in [9.17, 15) is 18.4 Å². The molecule has 2 amide bonds. The Kier molecular flexibility index (Phi) is 7.04. The van der Waals surface area contributed by atoms with Gasteiger partial charge in [0.05, 0.1) is 5.56 Å². The first-order valence-corrected chi connectivity index (χ1v) is 12.2. The number of rotatable bonds is 6. The molecule has 0 atom stereocenters. The normalized spacial score (nSPS) is 17.6. The van der Waals surface area contributed by atoms with E-state index in [1.165, 1.54) is 11.6 Å². The first-order valence-electron chi connectivity index (χ1n) is 11.2. The molecule has 34 heavy (non-hydrogen) atoms. The summed E-state index contributed by atoms with van der Waals surface area (Å²) in [5.41, 5.74) is 1.74. The molecule has 4 rings (SSSR count). The highest BCUT2D eigenvalue weighted by Gasteiger charge is 2.46. The first kappa shape index (κ1) is 24.3. The summed E-state index contributed by atoms with van der Waals surface area (Å²) in [6.07, 6.45) is 1.85. The fourth-order valence-corrected chi connectivity index (χ4v) is 5.35. The van der Waals surface area contributed by atoms with E-state index in [4.69, 9.17) is 0 Å². The summed E-state index contributed by atoms with van der Waals surface area (Å²) in [6, 6.07) is 9.42. The standard InChI is InChI=1S/C25H28F2N4O2S/c1-16-15-18(23(32)30(2)3)8-7-17(16)9-14-34-31-12-10-25(11-13-31)24(33)28-22(29-25)21-19(26)5-4-6-20(21)27/h4-8,15H,9-14H2,1-3H3,(H,28,29,33). The van der Waals surface area contributed by atoms with E-state index in [1.807, 2.05) is 25.1 Å². The number of amides is 2. The van der Waals surface area contributed by atoms with E-state index in [2.05, 4.69) is 14.6 Å². The van der Waals surface area contributed by atoms with Gasteiger partial charge in [0.1, 0.15) is 23.0 Å². The summed E-state index contributed by atoms with van der Waals surface area (Å²) in [7, 11) is 3.48. The van der Waals surface area contributed by atoms with Crippen molar-refractivity contribution >= 4 is 29.6 Å². The highest BCUT2D eigenvalue weighted by Crippen LogP contribution is 2.34. The molecule has 1 N–H and O–H groups in total. The zero-order chi connectivity index (χ0) is 24.5. The second kappa shape index (κ2) is 9.84. The minimum Gasteiger partial charge on any atom is -0.345 e. The van der Waals surface area contributed by atoms with Gasteiger partial charge in [0.25, 0.3) is 11.8 Å². The van der Waals surface area contributed by atoms with E-state index in [-0.39, 0.29) is 23.2 Å². The molecule has 2 heterocycles. The molecule has 6 nitrogen and oxygen atoms in total. The summed E-state index contributed by atoms with van der Waals surface area (Å²) in [6.45, 7) is 3.33. The number of aliphatic imine (C=N–C) groups is 1. The van der Waals surface area contributed by atoms with Crippen LogP contribution in [0.2, 0.25) is 0 Å². The lowest BCUT2D eigenvalue weighted by molar-refractivity contribution is -0.124. The van der Waals surface area contributed by atoms with Gasteiger partial charge in [0, 0.05) is 38.5 Å². The predicted octanol–water partition coefficient (Wildman–Crippen LogP) is 3.58. The van der Waals surface area contributed by atoms with Crippen molar-refractivity contribution in [1.29, 1.82) is 0 Å². The average molecular weight is 487 g/mol. The van der Waals surface area contributed by atoms with Crippen molar-refractivity contribution in [3.63, 3.8) is 0 Å². The number of carbonyl (C=O) groups is 2. The number of piperidine rings is 1. The predicted molar refractivity (Wildman–Crippen MR) is 130 cm³/mol. The maximum Gasteiger partial charge on any atom is 0.253 e. The summed E-state index contributed by atoms with van der Waals surface area (Å²) in [5.74, 6) is -0.926. The van der Waals surface area contributed by atoms with Crippen molar-refractivity contribution in [2.24, 2.45) is 4.99 Å². The van der Waals surface area contributed by atoms with Crippen molar-refractivity contribution in [1.82, 2.24) is 14.5 Å². The molecule has 0 aromatic heterocycles. The monoisotopic (exact) mass is 486 g/mol. The van der Waals surface area contributed by atoms with E-state index >= 15 is 0 Å². The second-order valence-electron chi connectivity index (χ2n) is 8.90. The van der Waals surface area contributed by atoms with Gasteiger partial charge in [-0.1, -0.05) is 24.1 Å². The second-order valence-corrected chi connectivity index (χ2v) is 10.1. The smallest absolute Gasteiger partial charge is 0.253 e. The molecule has 2 aromatic rings. The molecule has 180 valence electrons. The van der Waals surface area contributed by atoms with Crippen LogP contribution in [0.5, 0.6) is 0 Å². The molecule has 1 fully saturated rings. The summed E-state index contributed by atoms with van der Waals surface area (Å²) in [5, 5.41) is 2.60. The highest BCUT2D eigenvalue weighted by molar-refractivity contribution is 7.97. The van der Waals surface area contributed by atoms with Crippen LogP contribution < -0.4 is 5.32 Å². The number of benzene rings is 2. The first-order chi connectivity index (χ1) is 16.2. The number of amidine groups is 1. The molecule has 0 saturated carbocycles. The topological polar surface area (TPSA) is 65.0 Å². The van der Waals surface area contributed by atoms with Crippen LogP contribution in [-0.2, 0) is 11.2 Å². The van der Waals surface area contributed by atoms with Gasteiger partial charge in [0.15, 0.2) is 0 Å². The number of hydrogen-bond acceptors (Lipinski definition) is 5. The number of nitrogens with zero attached hydrogens (tertiary/aromatic N) is 3. The van der Waals surface area contributed by atoms with Gasteiger partial charge in [-0.25, -0.2) is 8.78 Å². The third-order valence-electron chi connectivity index (χ3n) is 6.37. The van der Waals surface area contributed by atoms with Crippen LogP contribution in [0.15, 0.2) is 41.4 Å². The molecule has 2 aromatic carbocycles. The Morgan fingerprint density at radius 2 is 1.85 bits per heavy atom. The Hall–Kier alpha value is -2.78. The third kappa shape index (κ3) is 4.86. The Balaban J connectivity index is 1.33. The van der Waals surface area contributed by atoms with Crippen LogP contribution in [0.25, 0.3) is 0 Å². The number of halogens is 2. The number of aryl methyl sites for hydroxylation is 2. The van der Waals surface area contributed by atoms with Gasteiger partial charge in [-0.2, -0.15) is 0 Å². The zero-order valence-electron chi connectivity index (χ0n) is 19.5. The number of hydrogen-bond donors (Lipinski definition) is 1. The minimum atomic E-state index is -0.966. The molecule has 1 saturated heterocycles. The van der Waals surface area contributed by atoms with Crippen molar-refractivity contribution in [3.8, 4) is 0 Å². The van der Waals surface area contributed by atoms with Crippen molar-refractivity contribution in [2.45, 2.75) is 31.7 Å². The number of carbonyl (C=O) groups excluding carboxylic acids is 2. The van der Waals surface area contributed by atoms with Crippen LogP contribution in [0, 0.1) is 18.6 Å². The quantitative estimate of drug-likeness (QED) is 0.634. The minimum absolute atomic E-state index is 0.00854. The van der Waals surface area contributed by atoms with Gasteiger partial charge in [0.2, 0.25) is 0 Å². The van der Waals surface area contributed by atoms with Crippen LogP contribution in [0.4, 0.5) is 8.78 Å². The lowest BCUT2D eigenvalue weighted by Gasteiger charge is -2.34. The average Bonchev–Trinajstić information content (AvgIpc) is 3.10. The van der Waals surface area contributed by atoms with Gasteiger partial charge in [-0.15, -0.1) is 0 Å². The molecule has 0 unspecified atom stereocenters. The summed E-state index contributed by atoms with van der Waals surface area (Å²) in [4.78, 5) is 30.9. The van der Waals surface area contributed by atoms with E-state index < -0.39 is 17.2 Å². The summed E-state index contributed by atoms with van der Waals surface area (Å²) < 4.78 is 30.5. The number of nitrogens with one attached hydrogen (secondary N) is 1. The fraction of sp³-hybridized carbons (Fsp3) is 0.400. The van der Waals surface area contributed by atoms with Crippen molar-refractivity contribution in [3.05, 3.63) is 70.3 Å². The Morgan fingerprint density at radius 1 is 1.18 bits per heavy atom. The molecule has 2 aliphatic heterocycles. The van der Waals surface area contributed by atoms with Gasteiger partial charge in [-0.05, 0) is 61.6 Å². The van der Waals surface area contributed by atoms with Crippen molar-refractivity contribution < 1.29 is 18.4 Å². The van der Waals surface area contributed by atoms with E-state index in [0.717, 1.165) is 29.9 Å². The molecule has 0 aliphatic carbocycles. The van der Waals surface area contributed by atoms with E-state index in [1.54, 1.807) is 30.9 Å². The zero-order valence-corrected chi connectivity index (χ0v) is 20.3. The van der Waals surface area contributed by atoms with Gasteiger partial charge in [-0.3, -0.25) is 18.9 Å². The molecular formula is C25H28F2N4O2S. The third-order valence-corrected chi connectivity index (χ3v) is 7.49. The van der Waals surface area contributed by atoms with Crippen LogP contribution in [0.3, 0.4) is 0 Å². The SMILES string of the molecule is Cc1cc(C(=O)N(C)C)ccc1CCSN1CCC2(CC1)N=C(c1c(F)cccc1F)NC2=O. The van der Waals surface area contributed by atoms with Crippen LogP contribution in [0.1, 0.15) is 39.9 Å². The Bertz CT molecular complexity index is 1120. The molecule has 2 aliphatic rings. The highest BCUT2D eigenvalue weighted by atomic mass is 32.2. The fourth-order valence-electron chi connectivity index (χ4n) is 4.34. The Morgan fingerprint density at radius 3 is 2.47 bits per heavy atom. The Labute approximate surface area is 202 Å². The summed E-state index contributed by atoms with van der Waals surface area (Å²) >= 11 is 1.72. The van der Waals surface area contributed by atoms with Gasteiger partial charge < -0.3 is 10.2 Å². The lowest BCUT2D eigenvalue weighted by atomic mass is 9.89. The van der Waals surface area contributed by atoms with E-state index in [0.29, 0.717) is 31.5 Å². The molecule has 0 bridgehead atoms. The largest absolute Gasteiger partial charge is 0.345 e. The molecule has 0 radical (unpaired) electrons. The van der Waals surface area contributed by atoms with Crippen LogP contribution in [-0.4, -0.2) is 65.3 Å². The lowest BCUT2D eigenvalue weighted by Crippen LogP contribution is -2.47. The van der Waals surface area contributed by atoms with Crippen LogP contribution >= 0.6 is 11.9 Å². The molecule has 1 spiro atoms. The maximum atomic E-state index is 14.1. The van der Waals surface area contributed by atoms with Gasteiger partial charge >= 0.3 is 0 Å². The molecule has 9 heteroatoms. The van der Waals surface area contributed by atoms with Crippen molar-refractivity contribution in [2.75, 3.05) is 32.9 Å². The maximum absolute atomic E-state index is 14.1. The molecular weight excluding hydrogens is 458 g/mol.